The topological polar surface area (TPSA) is 50.9 Å². The molecule has 15 heavy (non-hydrogen) atoms. The van der Waals surface area contributed by atoms with Crippen LogP contribution >= 0.6 is 27.5 Å². The van der Waals surface area contributed by atoms with E-state index >= 15 is 0 Å². The summed E-state index contributed by atoms with van der Waals surface area (Å²) in [6, 6.07) is 1.70. The van der Waals surface area contributed by atoms with Gasteiger partial charge in [-0.25, -0.2) is 9.67 Å². The molecule has 0 aliphatic heterocycles. The molecule has 0 amide bonds. The van der Waals surface area contributed by atoms with E-state index in [1.165, 1.54) is 6.20 Å². The predicted octanol–water partition coefficient (Wildman–Crippen LogP) is 2.18. The minimum Gasteiger partial charge on any atom is -0.392 e. The number of pyridine rings is 1. The largest absolute Gasteiger partial charge is 0.392 e. The van der Waals surface area contributed by atoms with E-state index in [0.717, 1.165) is 4.47 Å². The fraction of sp³-hybridized carbons (Fsp3) is 0.111. The normalized spacial score (nSPS) is 10.6. The van der Waals surface area contributed by atoms with Crippen LogP contribution in [0.2, 0.25) is 5.02 Å². The van der Waals surface area contributed by atoms with E-state index in [-0.39, 0.29) is 6.61 Å². The Morgan fingerprint density at radius 2 is 2.27 bits per heavy atom. The van der Waals surface area contributed by atoms with Gasteiger partial charge in [0.1, 0.15) is 0 Å². The zero-order valence-corrected chi connectivity index (χ0v) is 9.90. The van der Waals surface area contributed by atoms with Crippen LogP contribution in [0.25, 0.3) is 5.82 Å². The molecule has 2 rings (SSSR count). The summed E-state index contributed by atoms with van der Waals surface area (Å²) in [5.74, 6) is 0.620. The number of hydrogen-bond donors (Lipinski definition) is 1. The van der Waals surface area contributed by atoms with E-state index in [0.29, 0.717) is 16.4 Å². The second-order valence-corrected chi connectivity index (χ2v) is 4.22. The van der Waals surface area contributed by atoms with Crippen molar-refractivity contribution in [3.05, 3.63) is 39.7 Å². The third-order valence-corrected chi connectivity index (χ3v) is 2.63. The highest BCUT2D eigenvalue weighted by atomic mass is 79.9. The summed E-state index contributed by atoms with van der Waals surface area (Å²) >= 11 is 9.12. The molecule has 0 saturated carbocycles. The molecular formula is C9H7BrClN3O. The summed E-state index contributed by atoms with van der Waals surface area (Å²) in [7, 11) is 0. The van der Waals surface area contributed by atoms with E-state index in [2.05, 4.69) is 26.0 Å². The summed E-state index contributed by atoms with van der Waals surface area (Å²) in [5, 5.41) is 13.6. The molecule has 0 spiro atoms. The first kappa shape index (κ1) is 10.6. The quantitative estimate of drug-likeness (QED) is 0.921. The third-order valence-electron chi connectivity index (χ3n) is 1.88. The second-order valence-electron chi connectivity index (χ2n) is 2.90. The summed E-state index contributed by atoms with van der Waals surface area (Å²) < 4.78 is 2.46. The van der Waals surface area contributed by atoms with Crippen molar-refractivity contribution in [2.24, 2.45) is 0 Å². The van der Waals surface area contributed by atoms with Crippen LogP contribution in [0.1, 0.15) is 5.56 Å². The van der Waals surface area contributed by atoms with Gasteiger partial charge in [-0.15, -0.1) is 0 Å². The summed E-state index contributed by atoms with van der Waals surface area (Å²) in [6.07, 6.45) is 4.93. The van der Waals surface area contributed by atoms with Gasteiger partial charge in [-0.05, 0) is 22.0 Å². The molecule has 0 aliphatic rings. The number of halogens is 2. The zero-order valence-electron chi connectivity index (χ0n) is 7.56. The molecule has 0 atom stereocenters. The van der Waals surface area contributed by atoms with E-state index < -0.39 is 0 Å². The lowest BCUT2D eigenvalue weighted by Crippen LogP contribution is -1.99. The SMILES string of the molecule is OCc1cc(-n2cc(Br)cn2)ncc1Cl. The van der Waals surface area contributed by atoms with Crippen LogP contribution in [-0.2, 0) is 6.61 Å². The second kappa shape index (κ2) is 4.30. The number of aromatic nitrogens is 3. The van der Waals surface area contributed by atoms with E-state index in [4.69, 9.17) is 16.7 Å². The Bertz CT molecular complexity index is 486. The Balaban J connectivity index is 2.45. The van der Waals surface area contributed by atoms with Crippen molar-refractivity contribution < 1.29 is 5.11 Å². The maximum atomic E-state index is 9.04. The van der Waals surface area contributed by atoms with Crippen molar-refractivity contribution >= 4 is 27.5 Å². The third kappa shape index (κ3) is 2.19. The fourth-order valence-corrected chi connectivity index (χ4v) is 1.59. The highest BCUT2D eigenvalue weighted by Gasteiger charge is 2.05. The van der Waals surface area contributed by atoms with Gasteiger partial charge in [-0.1, -0.05) is 11.6 Å². The van der Waals surface area contributed by atoms with Gasteiger partial charge in [0.25, 0.3) is 0 Å². The van der Waals surface area contributed by atoms with Crippen LogP contribution in [0.15, 0.2) is 29.1 Å². The molecule has 78 valence electrons. The molecule has 1 N–H and O–H groups in total. The van der Waals surface area contributed by atoms with Crippen LogP contribution in [0.3, 0.4) is 0 Å². The summed E-state index contributed by atoms with van der Waals surface area (Å²) in [4.78, 5) is 4.11. The van der Waals surface area contributed by atoms with Crippen LogP contribution < -0.4 is 0 Å². The maximum Gasteiger partial charge on any atom is 0.153 e. The Hall–Kier alpha value is -0.910. The number of rotatable bonds is 2. The Kier molecular flexibility index (Phi) is 3.04. The predicted molar refractivity (Wildman–Crippen MR) is 60.0 cm³/mol. The van der Waals surface area contributed by atoms with Crippen LogP contribution in [0, 0.1) is 0 Å². The highest BCUT2D eigenvalue weighted by molar-refractivity contribution is 9.10. The van der Waals surface area contributed by atoms with E-state index in [1.807, 2.05) is 0 Å². The van der Waals surface area contributed by atoms with Gasteiger partial charge in [0.15, 0.2) is 5.82 Å². The van der Waals surface area contributed by atoms with Gasteiger partial charge in [-0.3, -0.25) is 0 Å². The molecule has 2 aromatic heterocycles. The molecule has 0 bridgehead atoms. The minimum atomic E-state index is -0.114. The van der Waals surface area contributed by atoms with Gasteiger partial charge >= 0.3 is 0 Å². The van der Waals surface area contributed by atoms with Crippen molar-refractivity contribution in [1.82, 2.24) is 14.8 Å². The molecule has 2 aromatic rings. The fourth-order valence-electron chi connectivity index (χ4n) is 1.14. The van der Waals surface area contributed by atoms with Gasteiger partial charge in [0.05, 0.1) is 22.3 Å². The molecule has 0 unspecified atom stereocenters. The average Bonchev–Trinajstić information content (AvgIpc) is 2.66. The van der Waals surface area contributed by atoms with Crippen LogP contribution in [0.4, 0.5) is 0 Å². The first-order chi connectivity index (χ1) is 7.20. The first-order valence-corrected chi connectivity index (χ1v) is 5.33. The Morgan fingerprint density at radius 3 is 2.87 bits per heavy atom. The summed E-state index contributed by atoms with van der Waals surface area (Å²) in [5.41, 5.74) is 0.633. The lowest BCUT2D eigenvalue weighted by atomic mass is 10.3. The van der Waals surface area contributed by atoms with E-state index in [1.54, 1.807) is 23.1 Å². The standard InChI is InChI=1S/C9H7BrClN3O/c10-7-2-13-14(4-7)9-1-6(5-15)8(11)3-12-9/h1-4,15H,5H2. The van der Waals surface area contributed by atoms with Crippen molar-refractivity contribution in [3.63, 3.8) is 0 Å². The maximum absolute atomic E-state index is 9.04. The van der Waals surface area contributed by atoms with Gasteiger partial charge in [0.2, 0.25) is 0 Å². The summed E-state index contributed by atoms with van der Waals surface area (Å²) in [6.45, 7) is -0.114. The molecule has 0 radical (unpaired) electrons. The Morgan fingerprint density at radius 1 is 1.47 bits per heavy atom. The Labute approximate surface area is 99.6 Å². The smallest absolute Gasteiger partial charge is 0.153 e. The highest BCUT2D eigenvalue weighted by Crippen LogP contribution is 2.18. The number of nitrogens with zero attached hydrogens (tertiary/aromatic N) is 3. The minimum absolute atomic E-state index is 0.114. The number of hydrogen-bond acceptors (Lipinski definition) is 3. The lowest BCUT2D eigenvalue weighted by Gasteiger charge is -2.03. The van der Waals surface area contributed by atoms with E-state index in [9.17, 15) is 0 Å². The molecule has 6 heteroatoms. The molecule has 2 heterocycles. The van der Waals surface area contributed by atoms with Crippen LogP contribution in [-0.4, -0.2) is 19.9 Å². The lowest BCUT2D eigenvalue weighted by molar-refractivity contribution is 0.281. The number of aliphatic hydroxyl groups excluding tert-OH is 1. The van der Waals surface area contributed by atoms with Crippen molar-refractivity contribution in [3.8, 4) is 5.82 Å². The molecule has 0 fully saturated rings. The average molecular weight is 289 g/mol. The van der Waals surface area contributed by atoms with Crippen LogP contribution in [0.5, 0.6) is 0 Å². The number of aliphatic hydroxyl groups is 1. The molecule has 4 nitrogen and oxygen atoms in total. The molecule has 0 aliphatic carbocycles. The van der Waals surface area contributed by atoms with Crippen molar-refractivity contribution in [1.29, 1.82) is 0 Å². The monoisotopic (exact) mass is 287 g/mol. The molecule has 0 aromatic carbocycles. The van der Waals surface area contributed by atoms with Gasteiger partial charge in [0, 0.05) is 18.0 Å². The zero-order chi connectivity index (χ0) is 10.8. The van der Waals surface area contributed by atoms with Gasteiger partial charge < -0.3 is 5.11 Å². The molecule has 0 saturated heterocycles. The van der Waals surface area contributed by atoms with Crippen molar-refractivity contribution in [2.75, 3.05) is 0 Å². The molecular weight excluding hydrogens is 281 g/mol. The first-order valence-electron chi connectivity index (χ1n) is 4.16. The van der Waals surface area contributed by atoms with Crippen molar-refractivity contribution in [2.45, 2.75) is 6.61 Å². The van der Waals surface area contributed by atoms with Gasteiger partial charge in [-0.2, -0.15) is 5.10 Å².